The molecule has 0 aliphatic rings. The lowest BCUT2D eigenvalue weighted by molar-refractivity contribution is 1.22. The van der Waals surface area contributed by atoms with Crippen molar-refractivity contribution in [1.82, 2.24) is 0 Å². The Bertz CT molecular complexity index is 613. The number of benzene rings is 2. The Morgan fingerprint density at radius 1 is 0.950 bits per heavy atom. The molecule has 6 heteroatoms. The first-order valence-electron chi connectivity index (χ1n) is 6.04. The van der Waals surface area contributed by atoms with Crippen molar-refractivity contribution in [2.45, 2.75) is 0 Å². The monoisotopic (exact) mass is 268 g/mol. The highest BCUT2D eigenvalue weighted by molar-refractivity contribution is 5.78. The van der Waals surface area contributed by atoms with Crippen LogP contribution in [0.4, 0.5) is 22.7 Å². The number of nitrogens with zero attached hydrogens (tertiary/aromatic N) is 3. The third-order valence-electron chi connectivity index (χ3n) is 2.56. The predicted octanol–water partition coefficient (Wildman–Crippen LogP) is 3.04. The first-order valence-corrected chi connectivity index (χ1v) is 6.04. The molecule has 0 aliphatic heterocycles. The van der Waals surface area contributed by atoms with Crippen LogP contribution in [0.25, 0.3) is 0 Å². The molecule has 0 bridgehead atoms. The van der Waals surface area contributed by atoms with E-state index in [4.69, 9.17) is 11.5 Å². The van der Waals surface area contributed by atoms with E-state index in [-0.39, 0.29) is 5.96 Å². The Hall–Kier alpha value is -2.89. The normalized spacial score (nSPS) is 11.8. The van der Waals surface area contributed by atoms with Crippen molar-refractivity contribution in [3.05, 3.63) is 48.5 Å². The highest BCUT2D eigenvalue weighted by atomic mass is 15.2. The van der Waals surface area contributed by atoms with Crippen LogP contribution in [0.2, 0.25) is 0 Å². The average molecular weight is 268 g/mol. The molecule has 0 fully saturated rings. The van der Waals surface area contributed by atoms with Crippen LogP contribution in [0.1, 0.15) is 0 Å². The van der Waals surface area contributed by atoms with Gasteiger partial charge in [-0.25, -0.2) is 0 Å². The van der Waals surface area contributed by atoms with Crippen molar-refractivity contribution >= 4 is 28.7 Å². The molecule has 0 atom stereocenters. The van der Waals surface area contributed by atoms with Gasteiger partial charge in [0.15, 0.2) is 0 Å². The zero-order chi connectivity index (χ0) is 14.4. The highest BCUT2D eigenvalue weighted by Crippen LogP contribution is 2.21. The largest absolute Gasteiger partial charge is 0.399 e. The molecule has 2 aromatic rings. The summed E-state index contributed by atoms with van der Waals surface area (Å²) < 4.78 is 0. The quantitative estimate of drug-likeness (QED) is 0.345. The fourth-order valence-corrected chi connectivity index (χ4v) is 1.50. The van der Waals surface area contributed by atoms with Crippen LogP contribution in [0.15, 0.2) is 63.8 Å². The molecule has 0 aromatic heterocycles. The molecule has 0 radical (unpaired) electrons. The minimum absolute atomic E-state index is 0.147. The zero-order valence-electron chi connectivity index (χ0n) is 11.1. The standard InChI is InChI=1S/C14H16N6/c1-17-14(16)20-19-13-8-6-12(7-9-13)18-11-4-2-10(15)3-5-11/h2-9,18H,15H2,1H3,(H2,16,17). The topological polar surface area (TPSA) is 101 Å². The maximum Gasteiger partial charge on any atom is 0.235 e. The third kappa shape index (κ3) is 3.81. The van der Waals surface area contributed by atoms with Crippen molar-refractivity contribution in [2.24, 2.45) is 21.0 Å². The lowest BCUT2D eigenvalue weighted by Crippen LogP contribution is -2.05. The summed E-state index contributed by atoms with van der Waals surface area (Å²) in [5.74, 6) is 0.147. The lowest BCUT2D eigenvalue weighted by atomic mass is 10.2. The van der Waals surface area contributed by atoms with Crippen molar-refractivity contribution < 1.29 is 0 Å². The van der Waals surface area contributed by atoms with Crippen LogP contribution in [-0.2, 0) is 0 Å². The number of hydrogen-bond donors (Lipinski definition) is 3. The van der Waals surface area contributed by atoms with E-state index in [0.717, 1.165) is 17.1 Å². The number of nitrogens with two attached hydrogens (primary N) is 2. The fourth-order valence-electron chi connectivity index (χ4n) is 1.50. The molecule has 0 unspecified atom stereocenters. The van der Waals surface area contributed by atoms with Crippen LogP contribution in [0.3, 0.4) is 0 Å². The molecule has 20 heavy (non-hydrogen) atoms. The van der Waals surface area contributed by atoms with E-state index < -0.39 is 0 Å². The summed E-state index contributed by atoms with van der Waals surface area (Å²) in [6.07, 6.45) is 0. The maximum atomic E-state index is 5.64. The summed E-state index contributed by atoms with van der Waals surface area (Å²) in [6, 6.07) is 15.0. The number of rotatable bonds is 3. The number of aliphatic imine (C=N–C) groups is 1. The van der Waals surface area contributed by atoms with Gasteiger partial charge in [-0.15, -0.1) is 10.2 Å². The number of nitrogen functional groups attached to an aromatic ring is 1. The van der Waals surface area contributed by atoms with Crippen LogP contribution >= 0.6 is 0 Å². The Kier molecular flexibility index (Phi) is 4.28. The fraction of sp³-hybridized carbons (Fsp3) is 0.0714. The van der Waals surface area contributed by atoms with Crippen LogP contribution in [0, 0.1) is 0 Å². The van der Waals surface area contributed by atoms with Gasteiger partial charge in [0.05, 0.1) is 5.69 Å². The Morgan fingerprint density at radius 3 is 2.05 bits per heavy atom. The Labute approximate surface area is 117 Å². The molecule has 0 saturated carbocycles. The molecule has 102 valence electrons. The molecule has 6 nitrogen and oxygen atoms in total. The summed E-state index contributed by atoms with van der Waals surface area (Å²) in [5.41, 5.74) is 14.4. The summed E-state index contributed by atoms with van der Waals surface area (Å²) in [7, 11) is 1.56. The second-order valence-electron chi connectivity index (χ2n) is 4.08. The number of anilines is 3. The molecular weight excluding hydrogens is 252 g/mol. The van der Waals surface area contributed by atoms with E-state index in [0.29, 0.717) is 5.69 Å². The number of azo groups is 1. The molecule has 2 rings (SSSR count). The van der Waals surface area contributed by atoms with Crippen LogP contribution in [0.5, 0.6) is 0 Å². The Morgan fingerprint density at radius 2 is 1.50 bits per heavy atom. The van der Waals surface area contributed by atoms with Gasteiger partial charge in [0.25, 0.3) is 0 Å². The van der Waals surface area contributed by atoms with E-state index in [1.54, 1.807) is 7.05 Å². The summed E-state index contributed by atoms with van der Waals surface area (Å²) in [4.78, 5) is 3.70. The Balaban J connectivity index is 2.05. The molecule has 0 heterocycles. The molecule has 0 amide bonds. The van der Waals surface area contributed by atoms with E-state index >= 15 is 0 Å². The van der Waals surface area contributed by atoms with Gasteiger partial charge in [-0.2, -0.15) is 0 Å². The van der Waals surface area contributed by atoms with Crippen LogP contribution < -0.4 is 16.8 Å². The van der Waals surface area contributed by atoms with Gasteiger partial charge in [0.2, 0.25) is 5.96 Å². The minimum atomic E-state index is 0.147. The molecule has 0 saturated heterocycles. The molecule has 5 N–H and O–H groups in total. The minimum Gasteiger partial charge on any atom is -0.399 e. The summed E-state index contributed by atoms with van der Waals surface area (Å²) in [5, 5.41) is 11.0. The van der Waals surface area contributed by atoms with E-state index in [9.17, 15) is 0 Å². The maximum absolute atomic E-state index is 5.64. The zero-order valence-corrected chi connectivity index (χ0v) is 11.1. The van der Waals surface area contributed by atoms with Gasteiger partial charge in [-0.05, 0) is 48.5 Å². The summed E-state index contributed by atoms with van der Waals surface area (Å²) >= 11 is 0. The predicted molar refractivity (Wildman–Crippen MR) is 82.6 cm³/mol. The highest BCUT2D eigenvalue weighted by Gasteiger charge is 1.96. The number of guanidine groups is 1. The van der Waals surface area contributed by atoms with Crippen molar-refractivity contribution in [3.63, 3.8) is 0 Å². The number of hydrogen-bond acceptors (Lipinski definition) is 4. The average Bonchev–Trinajstić information content (AvgIpc) is 2.48. The van der Waals surface area contributed by atoms with Gasteiger partial charge < -0.3 is 16.8 Å². The SMILES string of the molecule is CN=C(N)N=Nc1ccc(Nc2ccc(N)cc2)cc1. The van der Waals surface area contributed by atoms with Crippen molar-refractivity contribution in [2.75, 3.05) is 18.1 Å². The molecule has 0 aliphatic carbocycles. The second-order valence-corrected chi connectivity index (χ2v) is 4.08. The molecule has 0 spiro atoms. The third-order valence-corrected chi connectivity index (χ3v) is 2.56. The second kappa shape index (κ2) is 6.33. The van der Waals surface area contributed by atoms with E-state index in [2.05, 4.69) is 20.5 Å². The van der Waals surface area contributed by atoms with Crippen molar-refractivity contribution in [1.29, 1.82) is 0 Å². The smallest absolute Gasteiger partial charge is 0.235 e. The van der Waals surface area contributed by atoms with Gasteiger partial charge in [-0.1, -0.05) is 0 Å². The first-order chi connectivity index (χ1) is 9.67. The molecule has 2 aromatic carbocycles. The van der Waals surface area contributed by atoms with Gasteiger partial charge in [-0.3, -0.25) is 4.99 Å². The van der Waals surface area contributed by atoms with Crippen molar-refractivity contribution in [3.8, 4) is 0 Å². The van der Waals surface area contributed by atoms with E-state index in [1.807, 2.05) is 48.5 Å². The van der Waals surface area contributed by atoms with Gasteiger partial charge in [0, 0.05) is 24.1 Å². The van der Waals surface area contributed by atoms with Gasteiger partial charge >= 0.3 is 0 Å². The number of nitrogens with one attached hydrogen (secondary N) is 1. The van der Waals surface area contributed by atoms with E-state index in [1.165, 1.54) is 0 Å². The van der Waals surface area contributed by atoms with Crippen LogP contribution in [-0.4, -0.2) is 13.0 Å². The summed E-state index contributed by atoms with van der Waals surface area (Å²) in [6.45, 7) is 0. The first kappa shape index (κ1) is 13.5. The van der Waals surface area contributed by atoms with Gasteiger partial charge in [0.1, 0.15) is 0 Å². The molecular formula is C14H16N6. The lowest BCUT2D eigenvalue weighted by Gasteiger charge is -2.06.